The quantitative estimate of drug-likeness (QED) is 0.291. The van der Waals surface area contributed by atoms with E-state index in [1.807, 2.05) is 64.1 Å². The van der Waals surface area contributed by atoms with Crippen molar-refractivity contribution < 1.29 is 23.9 Å². The summed E-state index contributed by atoms with van der Waals surface area (Å²) in [6.45, 7) is 8.43. The van der Waals surface area contributed by atoms with Crippen molar-refractivity contribution in [2.75, 3.05) is 35.3 Å². The maximum atomic E-state index is 14.3. The number of hydrogen-bond acceptors (Lipinski definition) is 5. The number of hydrogen-bond donors (Lipinski definition) is 3. The van der Waals surface area contributed by atoms with Crippen LogP contribution in [0.5, 0.6) is 0 Å². The molecule has 3 N–H and O–H groups in total. The molecule has 210 valence electrons. The molecule has 0 unspecified atom stereocenters. The van der Waals surface area contributed by atoms with E-state index in [0.717, 1.165) is 11.1 Å². The van der Waals surface area contributed by atoms with Crippen molar-refractivity contribution in [3.8, 4) is 0 Å². The predicted octanol–water partition coefficient (Wildman–Crippen LogP) is 5.09. The Morgan fingerprint density at radius 2 is 1.52 bits per heavy atom. The third-order valence-electron chi connectivity index (χ3n) is 6.78. The van der Waals surface area contributed by atoms with Gasteiger partial charge in [-0.1, -0.05) is 54.1 Å². The minimum atomic E-state index is -1.67. The van der Waals surface area contributed by atoms with Crippen LogP contribution in [0.3, 0.4) is 0 Å². The molecule has 0 aromatic heterocycles. The molecular formula is C31H36N4O5. The second kappa shape index (κ2) is 12.8. The largest absolute Gasteiger partial charge is 0.351 e. The minimum Gasteiger partial charge on any atom is -0.351 e. The molecule has 3 aromatic carbocycles. The number of ether oxygens (including phenoxy) is 2. The predicted molar refractivity (Wildman–Crippen MR) is 155 cm³/mol. The van der Waals surface area contributed by atoms with Gasteiger partial charge in [0.15, 0.2) is 11.8 Å². The van der Waals surface area contributed by atoms with Gasteiger partial charge in [0.05, 0.1) is 18.7 Å². The van der Waals surface area contributed by atoms with Crippen LogP contribution in [-0.2, 0) is 24.6 Å². The van der Waals surface area contributed by atoms with Crippen LogP contribution < -0.4 is 20.9 Å². The first-order valence-corrected chi connectivity index (χ1v) is 13.4. The second-order valence-corrected chi connectivity index (χ2v) is 9.66. The molecule has 0 saturated carbocycles. The molecule has 4 amide bonds. The Kier molecular flexibility index (Phi) is 9.19. The van der Waals surface area contributed by atoms with Gasteiger partial charge in [-0.15, -0.1) is 0 Å². The van der Waals surface area contributed by atoms with E-state index in [-0.39, 0.29) is 13.0 Å². The van der Waals surface area contributed by atoms with Crippen molar-refractivity contribution in [1.82, 2.24) is 5.32 Å². The van der Waals surface area contributed by atoms with Gasteiger partial charge in [0.2, 0.25) is 5.91 Å². The summed E-state index contributed by atoms with van der Waals surface area (Å²) >= 11 is 0. The molecule has 0 fully saturated rings. The molecule has 4 rings (SSSR count). The van der Waals surface area contributed by atoms with Gasteiger partial charge in [0.25, 0.3) is 5.91 Å². The van der Waals surface area contributed by atoms with E-state index in [1.165, 1.54) is 4.90 Å². The van der Waals surface area contributed by atoms with E-state index in [4.69, 9.17) is 9.47 Å². The van der Waals surface area contributed by atoms with Crippen LogP contribution in [0.25, 0.3) is 0 Å². The zero-order valence-corrected chi connectivity index (χ0v) is 23.3. The average molecular weight is 545 g/mol. The first-order valence-electron chi connectivity index (χ1n) is 13.4. The van der Waals surface area contributed by atoms with Crippen LogP contribution in [0.1, 0.15) is 37.0 Å². The van der Waals surface area contributed by atoms with E-state index >= 15 is 0 Å². The van der Waals surface area contributed by atoms with E-state index in [0.29, 0.717) is 35.8 Å². The minimum absolute atomic E-state index is 0.0972. The summed E-state index contributed by atoms with van der Waals surface area (Å²) in [5.74, 6) is -0.867. The SMILES string of the molecule is CCOC(CN1C(=O)[C@@](CC(=O)Nc2ccc(C)cc2)(NC(=O)Nc2ccccc2C)c2ccccc21)OCC. The van der Waals surface area contributed by atoms with Gasteiger partial charge < -0.3 is 30.3 Å². The molecule has 9 nitrogen and oxygen atoms in total. The van der Waals surface area contributed by atoms with E-state index in [2.05, 4.69) is 16.0 Å². The van der Waals surface area contributed by atoms with E-state index < -0.39 is 29.7 Å². The number of carbonyl (C=O) groups is 3. The van der Waals surface area contributed by atoms with Gasteiger partial charge in [-0.05, 0) is 57.5 Å². The standard InChI is InChI=1S/C31H36N4O5/c1-5-39-28(40-6-2)20-35-26-14-10-8-12-24(26)31(29(35)37,19-27(36)32-23-17-15-21(3)16-18-23)34-30(38)33-25-13-9-7-11-22(25)4/h7-18,28H,5-6,19-20H2,1-4H3,(H,32,36)(H2,33,34,38)/t31-/m0/s1. The molecule has 40 heavy (non-hydrogen) atoms. The third kappa shape index (κ3) is 6.32. The van der Waals surface area contributed by atoms with Crippen molar-refractivity contribution in [2.45, 2.75) is 45.9 Å². The van der Waals surface area contributed by atoms with Crippen LogP contribution >= 0.6 is 0 Å². The maximum Gasteiger partial charge on any atom is 0.320 e. The van der Waals surface area contributed by atoms with Gasteiger partial charge in [0.1, 0.15) is 0 Å². The molecule has 1 atom stereocenters. The third-order valence-corrected chi connectivity index (χ3v) is 6.78. The van der Waals surface area contributed by atoms with Crippen LogP contribution in [0.2, 0.25) is 0 Å². The molecule has 1 aliphatic rings. The van der Waals surface area contributed by atoms with Crippen molar-refractivity contribution in [2.24, 2.45) is 0 Å². The number of aryl methyl sites for hydroxylation is 2. The maximum absolute atomic E-state index is 14.3. The number of benzene rings is 3. The summed E-state index contributed by atoms with van der Waals surface area (Å²) in [7, 11) is 0. The van der Waals surface area contributed by atoms with Gasteiger partial charge in [0, 0.05) is 30.2 Å². The molecule has 1 heterocycles. The first kappa shape index (κ1) is 28.8. The van der Waals surface area contributed by atoms with Gasteiger partial charge >= 0.3 is 6.03 Å². The summed E-state index contributed by atoms with van der Waals surface area (Å²) in [6, 6.07) is 21.2. The van der Waals surface area contributed by atoms with Crippen LogP contribution in [0.15, 0.2) is 72.8 Å². The normalized spacial score (nSPS) is 16.1. The summed E-state index contributed by atoms with van der Waals surface area (Å²) in [4.78, 5) is 42.7. The Bertz CT molecular complexity index is 1350. The molecule has 0 radical (unpaired) electrons. The molecule has 1 aliphatic heterocycles. The van der Waals surface area contributed by atoms with Gasteiger partial charge in [-0.2, -0.15) is 0 Å². The monoisotopic (exact) mass is 544 g/mol. The van der Waals surface area contributed by atoms with Crippen LogP contribution in [-0.4, -0.2) is 43.9 Å². The number of rotatable bonds is 11. The molecular weight excluding hydrogens is 508 g/mol. The number of anilines is 3. The van der Waals surface area contributed by atoms with Gasteiger partial charge in [-0.3, -0.25) is 9.59 Å². The fraction of sp³-hybridized carbons (Fsp3) is 0.323. The lowest BCUT2D eigenvalue weighted by atomic mass is 9.87. The Balaban J connectivity index is 1.70. The number of para-hydroxylation sites is 2. The molecule has 0 bridgehead atoms. The van der Waals surface area contributed by atoms with Crippen LogP contribution in [0, 0.1) is 13.8 Å². The summed E-state index contributed by atoms with van der Waals surface area (Å²) in [5, 5.41) is 8.59. The lowest BCUT2D eigenvalue weighted by Gasteiger charge is -2.30. The average Bonchev–Trinajstić information content (AvgIpc) is 3.14. The summed E-state index contributed by atoms with van der Waals surface area (Å²) in [6.07, 6.45) is -0.993. The fourth-order valence-electron chi connectivity index (χ4n) is 4.86. The second-order valence-electron chi connectivity index (χ2n) is 9.66. The lowest BCUT2D eigenvalue weighted by molar-refractivity contribution is -0.138. The zero-order valence-electron chi connectivity index (χ0n) is 23.3. The summed E-state index contributed by atoms with van der Waals surface area (Å²) < 4.78 is 11.4. The highest BCUT2D eigenvalue weighted by Gasteiger charge is 2.53. The first-order chi connectivity index (χ1) is 19.3. The van der Waals surface area contributed by atoms with Crippen molar-refractivity contribution in [3.63, 3.8) is 0 Å². The molecule has 9 heteroatoms. The van der Waals surface area contributed by atoms with Crippen molar-refractivity contribution in [1.29, 1.82) is 0 Å². The lowest BCUT2D eigenvalue weighted by Crippen LogP contribution is -2.56. The zero-order chi connectivity index (χ0) is 28.7. The highest BCUT2D eigenvalue weighted by molar-refractivity contribution is 6.13. The Morgan fingerprint density at radius 1 is 0.875 bits per heavy atom. The number of fused-ring (bicyclic) bond motifs is 1. The van der Waals surface area contributed by atoms with E-state index in [1.54, 1.807) is 36.4 Å². The van der Waals surface area contributed by atoms with E-state index in [9.17, 15) is 14.4 Å². The highest BCUT2D eigenvalue weighted by Crippen LogP contribution is 2.43. The molecule has 0 saturated heterocycles. The molecule has 3 aromatic rings. The van der Waals surface area contributed by atoms with Gasteiger partial charge in [-0.25, -0.2) is 4.79 Å². The molecule has 0 spiro atoms. The number of carbonyl (C=O) groups excluding carboxylic acids is 3. The smallest absolute Gasteiger partial charge is 0.320 e. The summed E-state index contributed by atoms with van der Waals surface area (Å²) in [5.41, 5.74) is 2.54. The Hall–Kier alpha value is -4.21. The number of nitrogens with zero attached hydrogens (tertiary/aromatic N) is 1. The topological polar surface area (TPSA) is 109 Å². The van der Waals surface area contributed by atoms with Crippen LogP contribution in [0.4, 0.5) is 21.9 Å². The van der Waals surface area contributed by atoms with Crippen molar-refractivity contribution >= 4 is 34.9 Å². The number of nitrogens with one attached hydrogen (secondary N) is 3. The highest BCUT2D eigenvalue weighted by atomic mass is 16.7. The fourth-order valence-corrected chi connectivity index (χ4v) is 4.86. The number of urea groups is 1. The van der Waals surface area contributed by atoms with Crippen molar-refractivity contribution in [3.05, 3.63) is 89.5 Å². The Labute approximate surface area is 234 Å². The Morgan fingerprint density at radius 3 is 2.20 bits per heavy atom. The number of amides is 4. The molecule has 0 aliphatic carbocycles.